The third-order valence-electron chi connectivity index (χ3n) is 6.57. The lowest BCUT2D eigenvalue weighted by molar-refractivity contribution is -0.126. The first-order valence-corrected chi connectivity index (χ1v) is 12.6. The van der Waals surface area contributed by atoms with Gasteiger partial charge in [0, 0.05) is 0 Å². The molecule has 2 heterocycles. The number of anilines is 2. The average Bonchev–Trinajstić information content (AvgIpc) is 3.44. The summed E-state index contributed by atoms with van der Waals surface area (Å²) >= 11 is 0. The van der Waals surface area contributed by atoms with Crippen LogP contribution < -0.4 is 19.4 Å². The number of amides is 2. The number of fused-ring (bicyclic) bond motifs is 1. The van der Waals surface area contributed by atoms with E-state index in [1.165, 1.54) is 24.3 Å². The molecule has 0 radical (unpaired) electrons. The van der Waals surface area contributed by atoms with E-state index in [9.17, 15) is 19.5 Å². The Labute approximate surface area is 220 Å². The maximum absolute atomic E-state index is 13.8. The number of para-hydroxylation sites is 1. The molecular weight excluding hydrogens is 488 g/mol. The molecule has 0 bridgehead atoms. The van der Waals surface area contributed by atoms with Crippen LogP contribution in [0.1, 0.15) is 42.2 Å². The van der Waals surface area contributed by atoms with Gasteiger partial charge in [0.1, 0.15) is 5.92 Å². The van der Waals surface area contributed by atoms with E-state index in [0.717, 1.165) is 16.9 Å². The number of nitrogens with zero attached hydrogens (tertiary/aromatic N) is 2. The van der Waals surface area contributed by atoms with Crippen molar-refractivity contribution >= 4 is 29.2 Å². The Kier molecular flexibility index (Phi) is 7.02. The standard InChI is InChI=1S/C29H28N2O7/c1-3-16-37-22-15-12-19(17-23(22)36-4-2)25-24-26(38-31(25)21-8-6-5-7-9-21)28(33)30(27(24)32)20-13-10-18(11-14-20)29(34)35/h5-15,17,24-26H,3-4,16H2,1-2H3,(H,34,35)/t24-,25+,26-/m1/s1. The summed E-state index contributed by atoms with van der Waals surface area (Å²) in [5, 5.41) is 10.8. The second-order valence-corrected chi connectivity index (χ2v) is 9.01. The van der Waals surface area contributed by atoms with E-state index >= 15 is 0 Å². The van der Waals surface area contributed by atoms with E-state index in [4.69, 9.17) is 14.3 Å². The number of hydrogen-bond donors (Lipinski definition) is 1. The van der Waals surface area contributed by atoms with Gasteiger partial charge in [-0.3, -0.25) is 14.4 Å². The van der Waals surface area contributed by atoms with Crippen LogP contribution in [-0.4, -0.2) is 42.2 Å². The van der Waals surface area contributed by atoms with E-state index < -0.39 is 35.8 Å². The molecule has 9 heteroatoms. The molecule has 0 unspecified atom stereocenters. The largest absolute Gasteiger partial charge is 0.490 e. The van der Waals surface area contributed by atoms with Gasteiger partial charge in [0.15, 0.2) is 17.6 Å². The zero-order chi connectivity index (χ0) is 26.8. The summed E-state index contributed by atoms with van der Waals surface area (Å²) in [7, 11) is 0. The van der Waals surface area contributed by atoms with Crippen molar-refractivity contribution in [2.75, 3.05) is 23.2 Å². The van der Waals surface area contributed by atoms with Crippen molar-refractivity contribution in [1.29, 1.82) is 0 Å². The highest BCUT2D eigenvalue weighted by Crippen LogP contribution is 2.48. The molecule has 2 aliphatic heterocycles. The highest BCUT2D eigenvalue weighted by Gasteiger charge is 2.60. The van der Waals surface area contributed by atoms with Gasteiger partial charge in [0.2, 0.25) is 5.91 Å². The summed E-state index contributed by atoms with van der Waals surface area (Å²) < 4.78 is 11.7. The molecule has 0 aliphatic carbocycles. The average molecular weight is 517 g/mol. The topological polar surface area (TPSA) is 106 Å². The van der Waals surface area contributed by atoms with Crippen molar-refractivity contribution < 1.29 is 33.8 Å². The van der Waals surface area contributed by atoms with Crippen molar-refractivity contribution in [2.24, 2.45) is 5.92 Å². The molecule has 5 rings (SSSR count). The van der Waals surface area contributed by atoms with Crippen LogP contribution in [0.5, 0.6) is 11.5 Å². The molecular formula is C29H28N2O7. The number of imide groups is 1. The van der Waals surface area contributed by atoms with Gasteiger partial charge in [-0.05, 0) is 67.4 Å². The van der Waals surface area contributed by atoms with Crippen LogP contribution in [0.2, 0.25) is 0 Å². The Morgan fingerprint density at radius 3 is 2.29 bits per heavy atom. The monoisotopic (exact) mass is 516 g/mol. The van der Waals surface area contributed by atoms with Crippen molar-refractivity contribution in [1.82, 2.24) is 0 Å². The molecule has 3 aromatic rings. The SMILES string of the molecule is CCCOc1ccc([C@H]2[C@H]3C(=O)N(c4ccc(C(=O)O)cc4)C(=O)[C@@H]3ON2c2ccccc2)cc1OCC. The Balaban J connectivity index is 1.55. The second kappa shape index (κ2) is 10.5. The van der Waals surface area contributed by atoms with Gasteiger partial charge in [-0.15, -0.1) is 0 Å². The van der Waals surface area contributed by atoms with Crippen molar-refractivity contribution in [3.63, 3.8) is 0 Å². The molecule has 3 aromatic carbocycles. The number of ether oxygens (including phenoxy) is 2. The lowest BCUT2D eigenvalue weighted by atomic mass is 9.90. The highest BCUT2D eigenvalue weighted by molar-refractivity contribution is 6.24. The van der Waals surface area contributed by atoms with E-state index in [1.54, 1.807) is 5.06 Å². The number of hydrogen-bond acceptors (Lipinski definition) is 7. The first kappa shape index (κ1) is 25.3. The molecule has 1 N–H and O–H groups in total. The number of rotatable bonds is 9. The molecule has 196 valence electrons. The Morgan fingerprint density at radius 1 is 0.895 bits per heavy atom. The van der Waals surface area contributed by atoms with E-state index in [-0.39, 0.29) is 5.56 Å². The minimum Gasteiger partial charge on any atom is -0.490 e. The van der Waals surface area contributed by atoms with Crippen LogP contribution in [0.3, 0.4) is 0 Å². The molecule has 0 aromatic heterocycles. The smallest absolute Gasteiger partial charge is 0.335 e. The van der Waals surface area contributed by atoms with Gasteiger partial charge in [0.05, 0.1) is 36.2 Å². The lowest BCUT2D eigenvalue weighted by Gasteiger charge is -2.29. The maximum atomic E-state index is 13.8. The van der Waals surface area contributed by atoms with Crippen molar-refractivity contribution in [3.8, 4) is 11.5 Å². The van der Waals surface area contributed by atoms with Gasteiger partial charge in [-0.1, -0.05) is 31.2 Å². The predicted octanol–water partition coefficient (Wildman–Crippen LogP) is 4.62. The molecule has 0 spiro atoms. The van der Waals surface area contributed by atoms with Gasteiger partial charge in [-0.2, -0.15) is 0 Å². The summed E-state index contributed by atoms with van der Waals surface area (Å²) in [6.07, 6.45) is -0.201. The van der Waals surface area contributed by atoms with Crippen LogP contribution in [0, 0.1) is 5.92 Å². The van der Waals surface area contributed by atoms with E-state index in [0.29, 0.717) is 36.1 Å². The van der Waals surface area contributed by atoms with Crippen LogP contribution in [0.25, 0.3) is 0 Å². The van der Waals surface area contributed by atoms with Gasteiger partial charge in [0.25, 0.3) is 5.91 Å². The molecule has 3 atom stereocenters. The number of aromatic carboxylic acids is 1. The summed E-state index contributed by atoms with van der Waals surface area (Å²) in [6, 6.07) is 19.8. The summed E-state index contributed by atoms with van der Waals surface area (Å²) in [6.45, 7) is 4.87. The minimum absolute atomic E-state index is 0.0613. The number of carbonyl (C=O) groups excluding carboxylic acids is 2. The van der Waals surface area contributed by atoms with Crippen LogP contribution in [0.15, 0.2) is 72.8 Å². The van der Waals surface area contributed by atoms with Crippen LogP contribution in [0.4, 0.5) is 11.4 Å². The van der Waals surface area contributed by atoms with E-state index in [2.05, 4.69) is 0 Å². The molecule has 9 nitrogen and oxygen atoms in total. The second-order valence-electron chi connectivity index (χ2n) is 9.01. The zero-order valence-corrected chi connectivity index (χ0v) is 21.1. The quantitative estimate of drug-likeness (QED) is 0.411. The zero-order valence-electron chi connectivity index (χ0n) is 21.1. The summed E-state index contributed by atoms with van der Waals surface area (Å²) in [5.41, 5.74) is 1.80. The van der Waals surface area contributed by atoms with E-state index in [1.807, 2.05) is 62.4 Å². The normalized spacial score (nSPS) is 20.5. The Bertz CT molecular complexity index is 1340. The fourth-order valence-electron chi connectivity index (χ4n) is 4.87. The Morgan fingerprint density at radius 2 is 1.63 bits per heavy atom. The fourth-order valence-corrected chi connectivity index (χ4v) is 4.87. The first-order valence-electron chi connectivity index (χ1n) is 12.6. The predicted molar refractivity (Wildman–Crippen MR) is 139 cm³/mol. The number of benzene rings is 3. The maximum Gasteiger partial charge on any atom is 0.335 e. The van der Waals surface area contributed by atoms with Crippen LogP contribution in [-0.2, 0) is 14.4 Å². The molecule has 2 saturated heterocycles. The molecule has 2 amide bonds. The third-order valence-corrected chi connectivity index (χ3v) is 6.57. The van der Waals surface area contributed by atoms with Crippen molar-refractivity contribution in [3.05, 3.63) is 83.9 Å². The molecule has 38 heavy (non-hydrogen) atoms. The first-order chi connectivity index (χ1) is 18.4. The fraction of sp³-hybridized carbons (Fsp3) is 0.276. The molecule has 2 aliphatic rings. The summed E-state index contributed by atoms with van der Waals surface area (Å²) in [5.74, 6) is -1.69. The number of carbonyl (C=O) groups is 3. The number of carboxylic acids is 1. The van der Waals surface area contributed by atoms with Gasteiger partial charge < -0.3 is 14.6 Å². The lowest BCUT2D eigenvalue weighted by Crippen LogP contribution is -2.37. The van der Waals surface area contributed by atoms with Gasteiger partial charge >= 0.3 is 5.97 Å². The Hall–Kier alpha value is -4.37. The van der Waals surface area contributed by atoms with Crippen molar-refractivity contribution in [2.45, 2.75) is 32.4 Å². The van der Waals surface area contributed by atoms with Gasteiger partial charge in [-0.25, -0.2) is 14.8 Å². The molecule has 0 saturated carbocycles. The van der Waals surface area contributed by atoms with Crippen LogP contribution >= 0.6 is 0 Å². The number of hydroxylamine groups is 1. The highest BCUT2D eigenvalue weighted by atomic mass is 16.7. The molecule has 2 fully saturated rings. The number of carboxylic acid groups (broad SMARTS) is 1. The third kappa shape index (κ3) is 4.45. The minimum atomic E-state index is -1.09. The summed E-state index contributed by atoms with van der Waals surface area (Å²) in [4.78, 5) is 45.9.